The highest BCUT2D eigenvalue weighted by Crippen LogP contribution is 2.43. The summed E-state index contributed by atoms with van der Waals surface area (Å²) in [5.41, 5.74) is 4.95. The summed E-state index contributed by atoms with van der Waals surface area (Å²) in [5, 5.41) is 19.2. The number of carbonyl (C=O) groups excluding carboxylic acids is 2. The minimum atomic E-state index is -1.12. The van der Waals surface area contributed by atoms with Crippen LogP contribution in [0.1, 0.15) is 65.9 Å². The molecular formula is C35H37N5O4. The van der Waals surface area contributed by atoms with Crippen LogP contribution in [0.4, 0.5) is 5.69 Å². The number of aromatic nitrogens is 2. The molecule has 1 atom stereocenters. The van der Waals surface area contributed by atoms with Crippen LogP contribution in [0.5, 0.6) is 0 Å². The summed E-state index contributed by atoms with van der Waals surface area (Å²) >= 11 is 0. The maximum atomic E-state index is 13.8. The van der Waals surface area contributed by atoms with Gasteiger partial charge in [-0.3, -0.25) is 14.6 Å². The molecule has 1 saturated heterocycles. The SMILES string of the molecule is Cn1c(-c2ccccn2)c(C2CCCCC2)c2ccc(C(=O)N[C@]3(C(=O)Nc4ccc(/C=C/C(=O)O)cc4)CCNC3)cc21. The first-order valence-corrected chi connectivity index (χ1v) is 15.2. The Morgan fingerprint density at radius 2 is 1.84 bits per heavy atom. The molecule has 0 spiro atoms. The molecule has 2 aromatic heterocycles. The van der Waals surface area contributed by atoms with E-state index in [1.807, 2.05) is 43.6 Å². The van der Waals surface area contributed by atoms with Crippen molar-refractivity contribution in [3.8, 4) is 11.4 Å². The molecule has 1 aliphatic carbocycles. The van der Waals surface area contributed by atoms with E-state index in [0.29, 0.717) is 42.2 Å². The fraction of sp³-hybridized carbons (Fsp3) is 0.314. The van der Waals surface area contributed by atoms with Crippen molar-refractivity contribution < 1.29 is 19.5 Å². The average molecular weight is 592 g/mol. The molecule has 0 radical (unpaired) electrons. The number of amides is 2. The van der Waals surface area contributed by atoms with Gasteiger partial charge in [-0.15, -0.1) is 0 Å². The summed E-state index contributed by atoms with van der Waals surface area (Å²) in [6, 6.07) is 18.7. The number of carboxylic acid groups (broad SMARTS) is 1. The lowest BCUT2D eigenvalue weighted by molar-refractivity contribution is -0.131. The number of rotatable bonds is 8. The third-order valence-corrected chi connectivity index (χ3v) is 8.95. The van der Waals surface area contributed by atoms with E-state index >= 15 is 0 Å². The monoisotopic (exact) mass is 591 g/mol. The van der Waals surface area contributed by atoms with Crippen molar-refractivity contribution in [3.05, 3.63) is 89.6 Å². The van der Waals surface area contributed by atoms with Crippen LogP contribution in [0.25, 0.3) is 28.4 Å². The van der Waals surface area contributed by atoms with Gasteiger partial charge in [-0.05, 0) is 85.3 Å². The van der Waals surface area contributed by atoms with Crippen LogP contribution in [-0.4, -0.2) is 51.1 Å². The van der Waals surface area contributed by atoms with Crippen LogP contribution in [0.2, 0.25) is 0 Å². The quantitative estimate of drug-likeness (QED) is 0.201. The zero-order chi connectivity index (χ0) is 30.7. The molecule has 2 aliphatic rings. The number of hydrogen-bond donors (Lipinski definition) is 4. The summed E-state index contributed by atoms with van der Waals surface area (Å²) in [5.74, 6) is -1.19. The van der Waals surface area contributed by atoms with Crippen molar-refractivity contribution >= 4 is 40.4 Å². The zero-order valence-corrected chi connectivity index (χ0v) is 24.8. The van der Waals surface area contributed by atoms with E-state index in [9.17, 15) is 14.4 Å². The van der Waals surface area contributed by atoms with E-state index in [0.717, 1.165) is 41.2 Å². The van der Waals surface area contributed by atoms with Gasteiger partial charge in [0.25, 0.3) is 11.8 Å². The minimum Gasteiger partial charge on any atom is -0.478 e. The van der Waals surface area contributed by atoms with E-state index in [4.69, 9.17) is 10.1 Å². The Balaban J connectivity index is 1.27. The van der Waals surface area contributed by atoms with Crippen LogP contribution in [0, 0.1) is 0 Å². The number of aryl methyl sites for hydroxylation is 1. The predicted octanol–water partition coefficient (Wildman–Crippen LogP) is 5.49. The third kappa shape index (κ3) is 5.88. The van der Waals surface area contributed by atoms with Gasteiger partial charge in [-0.2, -0.15) is 0 Å². The summed E-state index contributed by atoms with van der Waals surface area (Å²) < 4.78 is 2.16. The van der Waals surface area contributed by atoms with Crippen LogP contribution < -0.4 is 16.0 Å². The Bertz CT molecular complexity index is 1710. The first-order chi connectivity index (χ1) is 21.3. The first-order valence-electron chi connectivity index (χ1n) is 15.2. The highest BCUT2D eigenvalue weighted by Gasteiger charge is 2.43. The molecule has 0 bridgehead atoms. The lowest BCUT2D eigenvalue weighted by Crippen LogP contribution is -2.58. The molecule has 4 aromatic rings. The number of nitrogens with zero attached hydrogens (tertiary/aromatic N) is 2. The number of nitrogens with one attached hydrogen (secondary N) is 3. The number of aliphatic carboxylic acids is 1. The number of fused-ring (bicyclic) bond motifs is 1. The second-order valence-electron chi connectivity index (χ2n) is 11.8. The molecule has 0 unspecified atom stereocenters. The standard InChI is InChI=1S/C35H37N5O4/c1-40-29-21-25(13-16-27(29)31(24-7-3-2-4-8-24)32(40)28-9-5-6-19-37-28)33(43)39-35(18-20-36-22-35)34(44)38-26-14-10-23(11-15-26)12-17-30(41)42/h5-6,9-17,19,21,24,36H,2-4,7-8,18,20,22H2,1H3,(H,38,44)(H,39,43)(H,41,42)/b17-12+/t35-/m1/s1. The minimum absolute atomic E-state index is 0.304. The molecule has 2 fully saturated rings. The van der Waals surface area contributed by atoms with Gasteiger partial charge >= 0.3 is 5.97 Å². The number of anilines is 1. The van der Waals surface area contributed by atoms with Gasteiger partial charge in [0.05, 0.1) is 11.4 Å². The number of pyridine rings is 1. The topological polar surface area (TPSA) is 125 Å². The Morgan fingerprint density at radius 1 is 1.05 bits per heavy atom. The zero-order valence-electron chi connectivity index (χ0n) is 24.8. The van der Waals surface area contributed by atoms with E-state index in [1.54, 1.807) is 24.3 Å². The molecule has 6 rings (SSSR count). The molecule has 9 heteroatoms. The van der Waals surface area contributed by atoms with Gasteiger partial charge < -0.3 is 25.6 Å². The number of carboxylic acids is 1. The summed E-state index contributed by atoms with van der Waals surface area (Å²) in [6.07, 6.45) is 10.8. The lowest BCUT2D eigenvalue weighted by Gasteiger charge is -2.28. The van der Waals surface area contributed by atoms with E-state index in [-0.39, 0.29) is 11.8 Å². The Morgan fingerprint density at radius 3 is 2.52 bits per heavy atom. The van der Waals surface area contributed by atoms with Crippen molar-refractivity contribution in [2.45, 2.75) is 50.0 Å². The molecule has 9 nitrogen and oxygen atoms in total. The average Bonchev–Trinajstić information content (AvgIpc) is 3.64. The maximum absolute atomic E-state index is 13.8. The van der Waals surface area contributed by atoms with E-state index in [2.05, 4.69) is 26.6 Å². The molecule has 226 valence electrons. The van der Waals surface area contributed by atoms with Crippen LogP contribution in [0.15, 0.2) is 72.9 Å². The van der Waals surface area contributed by atoms with Crippen molar-refractivity contribution in [2.75, 3.05) is 18.4 Å². The second-order valence-corrected chi connectivity index (χ2v) is 11.8. The van der Waals surface area contributed by atoms with Gasteiger partial charge in [-0.25, -0.2) is 4.79 Å². The molecule has 44 heavy (non-hydrogen) atoms. The van der Waals surface area contributed by atoms with Crippen LogP contribution >= 0.6 is 0 Å². The molecule has 4 N–H and O–H groups in total. The number of benzene rings is 2. The predicted molar refractivity (Wildman–Crippen MR) is 171 cm³/mol. The van der Waals surface area contributed by atoms with Crippen molar-refractivity contribution in [1.82, 2.24) is 20.2 Å². The van der Waals surface area contributed by atoms with Crippen molar-refractivity contribution in [1.29, 1.82) is 0 Å². The Hall–Kier alpha value is -4.76. The molecule has 2 aromatic carbocycles. The van der Waals surface area contributed by atoms with Gasteiger partial charge in [0, 0.05) is 48.0 Å². The van der Waals surface area contributed by atoms with E-state index in [1.165, 1.54) is 30.9 Å². The Kier molecular flexibility index (Phi) is 8.30. The smallest absolute Gasteiger partial charge is 0.328 e. The molecule has 1 aliphatic heterocycles. The second kappa shape index (κ2) is 12.5. The molecule has 1 saturated carbocycles. The highest BCUT2D eigenvalue weighted by atomic mass is 16.4. The summed E-state index contributed by atoms with van der Waals surface area (Å²) in [7, 11) is 2.04. The lowest BCUT2D eigenvalue weighted by atomic mass is 9.82. The van der Waals surface area contributed by atoms with Crippen LogP contribution in [0.3, 0.4) is 0 Å². The van der Waals surface area contributed by atoms with Crippen molar-refractivity contribution in [3.63, 3.8) is 0 Å². The van der Waals surface area contributed by atoms with Gasteiger partial charge in [-0.1, -0.05) is 43.5 Å². The first kappa shape index (κ1) is 29.3. The van der Waals surface area contributed by atoms with Crippen molar-refractivity contribution in [2.24, 2.45) is 7.05 Å². The van der Waals surface area contributed by atoms with E-state index < -0.39 is 11.5 Å². The molecule has 2 amide bonds. The Labute approximate surface area is 256 Å². The molecular weight excluding hydrogens is 554 g/mol. The van der Waals surface area contributed by atoms with Gasteiger partial charge in [0.1, 0.15) is 5.54 Å². The number of hydrogen-bond acceptors (Lipinski definition) is 5. The molecule has 3 heterocycles. The fourth-order valence-corrected chi connectivity index (χ4v) is 6.66. The van der Waals surface area contributed by atoms with Crippen LogP contribution in [-0.2, 0) is 16.6 Å². The number of carbonyl (C=O) groups is 3. The largest absolute Gasteiger partial charge is 0.478 e. The highest BCUT2D eigenvalue weighted by molar-refractivity contribution is 6.06. The normalized spacial score (nSPS) is 18.9. The third-order valence-electron chi connectivity index (χ3n) is 8.95. The summed E-state index contributed by atoms with van der Waals surface area (Å²) in [6.45, 7) is 0.910. The fourth-order valence-electron chi connectivity index (χ4n) is 6.66. The summed E-state index contributed by atoms with van der Waals surface area (Å²) in [4.78, 5) is 42.8. The maximum Gasteiger partial charge on any atom is 0.328 e. The van der Waals surface area contributed by atoms with Gasteiger partial charge in [0.2, 0.25) is 0 Å². The van der Waals surface area contributed by atoms with Gasteiger partial charge in [0.15, 0.2) is 0 Å².